The fourth-order valence-corrected chi connectivity index (χ4v) is 1.05. The van der Waals surface area contributed by atoms with Crippen LogP contribution in [-0.2, 0) is 0 Å². The van der Waals surface area contributed by atoms with E-state index in [1.165, 1.54) is 7.05 Å². The maximum absolute atomic E-state index is 10.6. The first kappa shape index (κ1) is 13.2. The molecule has 0 N–H and O–H groups in total. The normalized spacial score (nSPS) is 12.9. The molecule has 12 heavy (non-hydrogen) atoms. The zero-order valence-electron chi connectivity index (χ0n) is 5.62. The lowest BCUT2D eigenvalue weighted by Crippen LogP contribution is -2.47. The zero-order valence-corrected chi connectivity index (χ0v) is 10.2. The molecule has 0 unspecified atom stereocenters. The minimum Gasteiger partial charge on any atom is -0.297 e. The molecule has 0 rings (SSSR count). The Morgan fingerprint density at radius 2 is 1.50 bits per heavy atom. The van der Waals surface area contributed by atoms with Crippen LogP contribution >= 0.6 is 69.6 Å². The summed E-state index contributed by atoms with van der Waals surface area (Å²) in [6, 6.07) is 0. The molecule has 0 aromatic carbocycles. The molecule has 0 aromatic rings. The van der Waals surface area contributed by atoms with Gasteiger partial charge in [-0.15, -0.1) is 0 Å². The molecule has 72 valence electrons. The summed E-state index contributed by atoms with van der Waals surface area (Å²) in [6.07, 6.45) is 0. The Balaban J connectivity index is 4.73. The van der Waals surface area contributed by atoms with Gasteiger partial charge in [0.1, 0.15) is 0 Å². The third-order valence-electron chi connectivity index (χ3n) is 1.03. The van der Waals surface area contributed by atoms with Gasteiger partial charge in [-0.3, -0.25) is 9.69 Å². The number of alkyl halides is 5. The molecule has 0 aliphatic carbocycles. The highest BCUT2D eigenvalue weighted by Gasteiger charge is 2.50. The van der Waals surface area contributed by atoms with Crippen LogP contribution in [0.2, 0.25) is 0 Å². The summed E-state index contributed by atoms with van der Waals surface area (Å²) in [5.41, 5.74) is 0. The second-order valence-electron chi connectivity index (χ2n) is 1.85. The van der Waals surface area contributed by atoms with E-state index >= 15 is 0 Å². The Kier molecular flexibility index (Phi) is 4.58. The lowest BCUT2D eigenvalue weighted by molar-refractivity contribution is 0.222. The van der Waals surface area contributed by atoms with E-state index in [1.54, 1.807) is 0 Å². The summed E-state index contributed by atoms with van der Waals surface area (Å²) in [7, 11) is 1.21. The molecule has 0 aliphatic rings. The monoisotopic (exact) mass is 291 g/mol. The van der Waals surface area contributed by atoms with Gasteiger partial charge in [0.25, 0.3) is 0 Å². The van der Waals surface area contributed by atoms with Gasteiger partial charge in [-0.25, -0.2) is 0 Å². The highest BCUT2D eigenvalue weighted by molar-refractivity contribution is 6.76. The van der Waals surface area contributed by atoms with Crippen molar-refractivity contribution in [2.24, 2.45) is 0 Å². The van der Waals surface area contributed by atoms with Crippen LogP contribution in [0.5, 0.6) is 0 Å². The van der Waals surface area contributed by atoms with E-state index in [4.69, 9.17) is 69.6 Å². The van der Waals surface area contributed by atoms with E-state index in [1.807, 2.05) is 0 Å². The van der Waals surface area contributed by atoms with Crippen LogP contribution in [0, 0.1) is 0 Å². The molecule has 2 nitrogen and oxygen atoms in total. The van der Waals surface area contributed by atoms with E-state index in [2.05, 4.69) is 0 Å². The number of carbonyl (C=O) groups is 1. The second-order valence-corrected chi connectivity index (χ2v) is 5.74. The zero-order chi connectivity index (χ0) is 10.2. The number of hydrogen-bond acceptors (Lipinski definition) is 1. The highest BCUT2D eigenvalue weighted by Crippen LogP contribution is 2.47. The molecule has 0 fully saturated rings. The predicted molar refractivity (Wildman–Crippen MR) is 53.7 cm³/mol. The molecule has 1 amide bonds. The van der Waals surface area contributed by atoms with Gasteiger partial charge in [-0.2, -0.15) is 0 Å². The molecule has 0 bridgehead atoms. The van der Waals surface area contributed by atoms with Crippen molar-refractivity contribution in [1.29, 1.82) is 0 Å². The number of amides is 1. The molecule has 0 saturated heterocycles. The first-order valence-electron chi connectivity index (χ1n) is 2.48. The first-order valence-corrected chi connectivity index (χ1v) is 4.75. The van der Waals surface area contributed by atoms with E-state index in [0.29, 0.717) is 4.90 Å². The van der Waals surface area contributed by atoms with Gasteiger partial charge < -0.3 is 0 Å². The molecule has 0 heterocycles. The van der Waals surface area contributed by atoms with Gasteiger partial charge in [0.2, 0.25) is 8.25 Å². The molecule has 0 aliphatic heterocycles. The molecule has 0 radical (unpaired) electrons. The van der Waals surface area contributed by atoms with Crippen molar-refractivity contribution in [2.75, 3.05) is 7.05 Å². The largest absolute Gasteiger partial charge is 0.318 e. The Bertz CT molecular complexity index is 186. The maximum Gasteiger partial charge on any atom is 0.318 e. The second kappa shape index (κ2) is 4.16. The number of halogens is 6. The van der Waals surface area contributed by atoms with Crippen molar-refractivity contribution in [3.8, 4) is 0 Å². The minimum atomic E-state index is -2.03. The van der Waals surface area contributed by atoms with E-state index in [-0.39, 0.29) is 0 Å². The van der Waals surface area contributed by atoms with Crippen LogP contribution in [0.4, 0.5) is 4.79 Å². The molecule has 0 atom stereocenters. The number of hydrogen-bond donors (Lipinski definition) is 0. The van der Waals surface area contributed by atoms with Crippen LogP contribution in [0.25, 0.3) is 0 Å². The van der Waals surface area contributed by atoms with Crippen molar-refractivity contribution in [1.82, 2.24) is 4.90 Å². The van der Waals surface area contributed by atoms with Gasteiger partial charge in [0, 0.05) is 7.05 Å². The lowest BCUT2D eigenvalue weighted by Gasteiger charge is -2.34. The lowest BCUT2D eigenvalue weighted by atomic mass is 10.6. The average molecular weight is 294 g/mol. The van der Waals surface area contributed by atoms with Crippen LogP contribution < -0.4 is 0 Å². The minimum absolute atomic E-state index is 0.699. The van der Waals surface area contributed by atoms with Crippen molar-refractivity contribution < 1.29 is 4.79 Å². The topological polar surface area (TPSA) is 20.3 Å². The smallest absolute Gasteiger partial charge is 0.297 e. The standard InChI is InChI=1S/C4H3Cl6NO/c1-11(2(5)12)4(9,10)3(6,7)8/h1H3. The maximum atomic E-state index is 10.6. The van der Waals surface area contributed by atoms with Crippen LogP contribution in [0.1, 0.15) is 0 Å². The molecule has 0 spiro atoms. The number of carbonyl (C=O) groups excluding carboxylic acids is 1. The third kappa shape index (κ3) is 2.86. The van der Waals surface area contributed by atoms with Gasteiger partial charge in [0.15, 0.2) is 0 Å². The highest BCUT2D eigenvalue weighted by atomic mass is 35.6. The Morgan fingerprint density at radius 1 is 1.17 bits per heavy atom. The van der Waals surface area contributed by atoms with E-state index in [0.717, 1.165) is 0 Å². The summed E-state index contributed by atoms with van der Waals surface area (Å²) >= 11 is 32.3. The van der Waals surface area contributed by atoms with Gasteiger partial charge in [-0.05, 0) is 11.6 Å². The Labute approximate surface area is 99.6 Å². The summed E-state index contributed by atoms with van der Waals surface area (Å²) in [4.78, 5) is 11.3. The van der Waals surface area contributed by atoms with Crippen LogP contribution in [-0.4, -0.2) is 25.6 Å². The SMILES string of the molecule is CN(C(=O)Cl)C(Cl)(Cl)C(Cl)(Cl)Cl. The van der Waals surface area contributed by atoms with E-state index in [9.17, 15) is 4.79 Å². The quantitative estimate of drug-likeness (QED) is 0.409. The van der Waals surface area contributed by atoms with Crippen molar-refractivity contribution in [2.45, 2.75) is 8.25 Å². The fraction of sp³-hybridized carbons (Fsp3) is 0.750. The Morgan fingerprint density at radius 3 is 1.58 bits per heavy atom. The Hall–Kier alpha value is 1.21. The number of rotatable bonds is 1. The van der Waals surface area contributed by atoms with Crippen molar-refractivity contribution in [3.05, 3.63) is 0 Å². The first-order chi connectivity index (χ1) is 5.10. The molecular weight excluding hydrogens is 291 g/mol. The van der Waals surface area contributed by atoms with Crippen LogP contribution in [0.3, 0.4) is 0 Å². The van der Waals surface area contributed by atoms with Gasteiger partial charge in [0.05, 0.1) is 0 Å². The summed E-state index contributed by atoms with van der Waals surface area (Å²) in [5.74, 6) is 0. The summed E-state index contributed by atoms with van der Waals surface area (Å²) in [6.45, 7) is 0. The van der Waals surface area contributed by atoms with Gasteiger partial charge in [-0.1, -0.05) is 58.0 Å². The summed E-state index contributed by atoms with van der Waals surface area (Å²) < 4.78 is -4.02. The molecule has 0 aromatic heterocycles. The molecule has 0 saturated carbocycles. The molecule has 8 heteroatoms. The third-order valence-corrected chi connectivity index (χ3v) is 3.75. The predicted octanol–water partition coefficient (Wildman–Crippen LogP) is 3.78. The van der Waals surface area contributed by atoms with Crippen LogP contribution in [0.15, 0.2) is 0 Å². The van der Waals surface area contributed by atoms with Crippen molar-refractivity contribution >= 4 is 75.0 Å². The average Bonchev–Trinajstić information content (AvgIpc) is 1.83. The van der Waals surface area contributed by atoms with Crippen molar-refractivity contribution in [3.63, 3.8) is 0 Å². The molecular formula is C4H3Cl6NO. The number of nitrogens with zero attached hydrogens (tertiary/aromatic N) is 1. The van der Waals surface area contributed by atoms with E-state index < -0.39 is 13.6 Å². The van der Waals surface area contributed by atoms with Gasteiger partial charge >= 0.3 is 5.37 Å². The fourth-order valence-electron chi connectivity index (χ4n) is 0.301. The summed E-state index contributed by atoms with van der Waals surface area (Å²) in [5, 5.41) is -0.925.